The summed E-state index contributed by atoms with van der Waals surface area (Å²) in [4.78, 5) is 18.7. The van der Waals surface area contributed by atoms with Gasteiger partial charge in [0.1, 0.15) is 12.5 Å². The first-order chi connectivity index (χ1) is 12.1. The second kappa shape index (κ2) is 9.76. The van der Waals surface area contributed by atoms with E-state index in [1.807, 2.05) is 17.0 Å². The number of nitrogens with zero attached hydrogens (tertiary/aromatic N) is 2. The molecule has 2 heterocycles. The fourth-order valence-electron chi connectivity index (χ4n) is 3.40. The summed E-state index contributed by atoms with van der Waals surface area (Å²) in [6.07, 6.45) is 6.87. The molecule has 2 unspecified atom stereocenters. The van der Waals surface area contributed by atoms with Gasteiger partial charge >= 0.3 is 0 Å². The maximum atomic E-state index is 12.5. The Balaban J connectivity index is 1.96. The maximum absolute atomic E-state index is 12.5. The van der Waals surface area contributed by atoms with Gasteiger partial charge in [-0.2, -0.15) is 0 Å². The predicted octanol–water partition coefficient (Wildman–Crippen LogP) is 3.67. The molecule has 1 aliphatic heterocycles. The van der Waals surface area contributed by atoms with Gasteiger partial charge in [-0.15, -0.1) is 0 Å². The number of β-lactam (4-membered cyclic amide) rings is 1. The van der Waals surface area contributed by atoms with E-state index in [-0.39, 0.29) is 17.9 Å². The number of carbonyl (C=O) groups is 1. The monoisotopic (exact) mass is 348 g/mol. The zero-order valence-corrected chi connectivity index (χ0v) is 16.0. The highest BCUT2D eigenvalue weighted by Gasteiger charge is 2.46. The first-order valence-electron chi connectivity index (χ1n) is 9.44. The summed E-state index contributed by atoms with van der Waals surface area (Å²) in [5.74, 6) is 1.56. The van der Waals surface area contributed by atoms with E-state index in [4.69, 9.17) is 9.47 Å². The molecule has 1 aliphatic rings. The number of methoxy groups -OCH3 is 1. The second-order valence-corrected chi connectivity index (χ2v) is 7.27. The summed E-state index contributed by atoms with van der Waals surface area (Å²) in [7, 11) is 1.63. The van der Waals surface area contributed by atoms with Crippen LogP contribution in [0, 0.1) is 11.8 Å². The number of ether oxygens (including phenoxy) is 2. The molecule has 0 spiro atoms. The van der Waals surface area contributed by atoms with Gasteiger partial charge in [0.2, 0.25) is 5.91 Å². The van der Waals surface area contributed by atoms with Crippen LogP contribution in [-0.4, -0.2) is 42.3 Å². The van der Waals surface area contributed by atoms with Gasteiger partial charge in [0.25, 0.3) is 0 Å². The van der Waals surface area contributed by atoms with Crippen molar-refractivity contribution in [2.75, 3.05) is 20.4 Å². The van der Waals surface area contributed by atoms with Gasteiger partial charge in [0.15, 0.2) is 0 Å². The molecule has 5 nitrogen and oxygen atoms in total. The topological polar surface area (TPSA) is 51.7 Å². The molecule has 0 N–H and O–H groups in total. The average molecular weight is 348 g/mol. The van der Waals surface area contributed by atoms with E-state index in [9.17, 15) is 4.79 Å². The Morgan fingerprint density at radius 2 is 2.12 bits per heavy atom. The van der Waals surface area contributed by atoms with Gasteiger partial charge in [-0.3, -0.25) is 9.78 Å². The van der Waals surface area contributed by atoms with Gasteiger partial charge in [0.05, 0.1) is 12.5 Å². The number of amides is 1. The third kappa shape index (κ3) is 5.43. The minimum absolute atomic E-state index is 0.000362. The molecule has 0 bridgehead atoms. The zero-order valence-electron chi connectivity index (χ0n) is 16.0. The lowest BCUT2D eigenvalue weighted by Gasteiger charge is -2.47. The quantitative estimate of drug-likeness (QED) is 0.452. The van der Waals surface area contributed by atoms with Crippen LogP contribution in [0.2, 0.25) is 0 Å². The zero-order chi connectivity index (χ0) is 18.2. The summed E-state index contributed by atoms with van der Waals surface area (Å²) in [6.45, 7) is 7.67. The molecule has 1 saturated heterocycles. The van der Waals surface area contributed by atoms with E-state index in [1.165, 1.54) is 12.8 Å². The van der Waals surface area contributed by atoms with Gasteiger partial charge in [-0.05, 0) is 24.8 Å². The highest BCUT2D eigenvalue weighted by atomic mass is 16.5. The number of rotatable bonds is 11. The van der Waals surface area contributed by atoms with Crippen molar-refractivity contribution < 1.29 is 14.3 Å². The molecule has 140 valence electrons. The molecule has 0 radical (unpaired) electrons. The number of hydrogen-bond acceptors (Lipinski definition) is 4. The summed E-state index contributed by atoms with van der Waals surface area (Å²) in [6, 6.07) is 4.11. The van der Waals surface area contributed by atoms with E-state index in [0.717, 1.165) is 30.9 Å². The number of carbonyl (C=O) groups excluding carboxylic acids is 1. The highest BCUT2D eigenvalue weighted by Crippen LogP contribution is 2.34. The van der Waals surface area contributed by atoms with E-state index < -0.39 is 0 Å². The van der Waals surface area contributed by atoms with Crippen LogP contribution in [0.25, 0.3) is 0 Å². The van der Waals surface area contributed by atoms with Crippen LogP contribution >= 0.6 is 0 Å². The first-order valence-corrected chi connectivity index (χ1v) is 9.44. The molecule has 5 heteroatoms. The van der Waals surface area contributed by atoms with E-state index in [2.05, 4.69) is 25.8 Å². The molecular weight excluding hydrogens is 316 g/mol. The average Bonchev–Trinajstić information content (AvgIpc) is 2.60. The van der Waals surface area contributed by atoms with Crippen LogP contribution in [-0.2, 0) is 16.0 Å². The highest BCUT2D eigenvalue weighted by molar-refractivity contribution is 5.86. The fourth-order valence-corrected chi connectivity index (χ4v) is 3.40. The summed E-state index contributed by atoms with van der Waals surface area (Å²) < 4.78 is 11.0. The molecular formula is C20H32N2O3. The van der Waals surface area contributed by atoms with Crippen LogP contribution in [0.5, 0.6) is 5.75 Å². The minimum Gasteiger partial charge on any atom is -0.493 e. The smallest absolute Gasteiger partial charge is 0.230 e. The van der Waals surface area contributed by atoms with Crippen LogP contribution in [0.3, 0.4) is 0 Å². The van der Waals surface area contributed by atoms with Gasteiger partial charge in [-0.25, -0.2) is 0 Å². The van der Waals surface area contributed by atoms with Crippen molar-refractivity contribution in [3.05, 3.63) is 24.0 Å². The Labute approximate surface area is 151 Å². The van der Waals surface area contributed by atoms with Crippen molar-refractivity contribution in [1.82, 2.24) is 9.88 Å². The summed E-state index contributed by atoms with van der Waals surface area (Å²) >= 11 is 0. The van der Waals surface area contributed by atoms with Crippen LogP contribution in [0.1, 0.15) is 52.1 Å². The molecule has 25 heavy (non-hydrogen) atoms. The molecule has 0 aliphatic carbocycles. The lowest BCUT2D eigenvalue weighted by molar-refractivity contribution is -0.166. The molecule has 1 fully saturated rings. The molecule has 2 rings (SSSR count). The maximum Gasteiger partial charge on any atom is 0.230 e. The van der Waals surface area contributed by atoms with Crippen LogP contribution in [0.15, 0.2) is 18.3 Å². The van der Waals surface area contributed by atoms with Crippen LogP contribution in [0.4, 0.5) is 0 Å². The third-order valence-corrected chi connectivity index (χ3v) is 4.68. The van der Waals surface area contributed by atoms with Crippen LogP contribution < -0.4 is 4.74 Å². The number of likely N-dealkylation sites (tertiary alicyclic amines) is 1. The van der Waals surface area contributed by atoms with Gasteiger partial charge in [-0.1, -0.05) is 33.6 Å². The normalized spacial score (nSPS) is 20.0. The van der Waals surface area contributed by atoms with Crippen molar-refractivity contribution in [3.63, 3.8) is 0 Å². The van der Waals surface area contributed by atoms with Crippen molar-refractivity contribution in [1.29, 1.82) is 0 Å². The Bertz CT molecular complexity index is 547. The molecule has 0 saturated carbocycles. The Kier molecular flexibility index (Phi) is 7.69. The third-order valence-electron chi connectivity index (χ3n) is 4.68. The van der Waals surface area contributed by atoms with Crippen molar-refractivity contribution in [2.45, 2.75) is 58.9 Å². The van der Waals surface area contributed by atoms with E-state index in [1.54, 1.807) is 13.3 Å². The lowest BCUT2D eigenvalue weighted by Crippen LogP contribution is -2.62. The molecule has 1 amide bonds. The largest absolute Gasteiger partial charge is 0.493 e. The number of aromatic nitrogens is 1. The van der Waals surface area contributed by atoms with Crippen molar-refractivity contribution >= 4 is 5.91 Å². The van der Waals surface area contributed by atoms with Crippen molar-refractivity contribution in [2.24, 2.45) is 11.8 Å². The standard InChI is InChI=1S/C20H32N2O3/c1-5-6-7-10-25-17-8-9-21-16(12-17)13-18-19(11-15(2)3)22(14-24-4)20(18)23/h8-9,12,15,18-19H,5-7,10-11,13-14H2,1-4H3. The second-order valence-electron chi connectivity index (χ2n) is 7.27. The SMILES string of the molecule is CCCCCOc1ccnc(CC2C(=O)N(COC)C2CC(C)C)c1. The molecule has 2 atom stereocenters. The molecule has 1 aromatic heterocycles. The number of hydrogen-bond donors (Lipinski definition) is 0. The summed E-state index contributed by atoms with van der Waals surface area (Å²) in [5.41, 5.74) is 0.928. The Morgan fingerprint density at radius 1 is 1.32 bits per heavy atom. The first kappa shape index (κ1) is 19.7. The fraction of sp³-hybridized carbons (Fsp3) is 0.700. The predicted molar refractivity (Wildman–Crippen MR) is 98.4 cm³/mol. The number of pyridine rings is 1. The molecule has 1 aromatic rings. The van der Waals surface area contributed by atoms with Gasteiger partial charge < -0.3 is 14.4 Å². The Hall–Kier alpha value is -1.62. The number of unbranched alkanes of at least 4 members (excludes halogenated alkanes) is 2. The van der Waals surface area contributed by atoms with Crippen molar-refractivity contribution in [3.8, 4) is 5.75 Å². The molecule has 0 aromatic carbocycles. The van der Waals surface area contributed by atoms with E-state index in [0.29, 0.717) is 19.1 Å². The Morgan fingerprint density at radius 3 is 2.80 bits per heavy atom. The van der Waals surface area contributed by atoms with E-state index >= 15 is 0 Å². The van der Waals surface area contributed by atoms with Gasteiger partial charge in [0, 0.05) is 37.5 Å². The summed E-state index contributed by atoms with van der Waals surface area (Å²) in [5, 5.41) is 0. The minimum atomic E-state index is 0.000362. The lowest BCUT2D eigenvalue weighted by atomic mass is 9.79.